The van der Waals surface area contributed by atoms with Crippen LogP contribution in [0.2, 0.25) is 0 Å². The molecule has 4 rings (SSSR count). The lowest BCUT2D eigenvalue weighted by atomic mass is 10.1. The zero-order valence-corrected chi connectivity index (χ0v) is 13.4. The number of aliphatic hydroxyl groups is 3. The fraction of sp³-hybridized carbons (Fsp3) is 0.643. The van der Waals surface area contributed by atoms with Crippen LogP contribution in [0.5, 0.6) is 0 Å². The predicted molar refractivity (Wildman–Crippen MR) is 87.0 cm³/mol. The van der Waals surface area contributed by atoms with Gasteiger partial charge in [-0.15, -0.1) is 0 Å². The van der Waals surface area contributed by atoms with Crippen molar-refractivity contribution < 1.29 is 20.1 Å². The third-order valence-electron chi connectivity index (χ3n) is 4.71. The maximum Gasteiger partial charge on any atom is 0.280 e. The largest absolute Gasteiger partial charge is 0.394 e. The van der Waals surface area contributed by atoms with Crippen molar-refractivity contribution in [1.82, 2.24) is 19.5 Å². The second-order valence-corrected chi connectivity index (χ2v) is 6.33. The Morgan fingerprint density at radius 2 is 1.96 bits per heavy atom. The number of H-pyrrole nitrogens is 1. The number of hydrogen-bond acceptors (Lipinski definition) is 9. The maximum absolute atomic E-state index is 12.2. The van der Waals surface area contributed by atoms with Crippen molar-refractivity contribution in [1.29, 1.82) is 0 Å². The predicted octanol–water partition coefficient (Wildman–Crippen LogP) is -2.09. The molecule has 0 amide bonds. The summed E-state index contributed by atoms with van der Waals surface area (Å²) in [5.74, 6) is 0.337. The Morgan fingerprint density at radius 3 is 2.60 bits per heavy atom. The van der Waals surface area contributed by atoms with Crippen LogP contribution in [0.3, 0.4) is 0 Å². The molecule has 2 fully saturated rings. The fourth-order valence-electron chi connectivity index (χ4n) is 3.46. The van der Waals surface area contributed by atoms with Crippen LogP contribution < -0.4 is 16.2 Å². The van der Waals surface area contributed by atoms with Gasteiger partial charge in [0.1, 0.15) is 18.3 Å². The summed E-state index contributed by atoms with van der Waals surface area (Å²) in [5, 5.41) is 29.8. The Morgan fingerprint density at radius 1 is 1.24 bits per heavy atom. The lowest BCUT2D eigenvalue weighted by Gasteiger charge is -2.23. The van der Waals surface area contributed by atoms with Gasteiger partial charge >= 0.3 is 0 Å². The number of aromatic amines is 1. The van der Waals surface area contributed by atoms with Gasteiger partial charge in [-0.2, -0.15) is 4.98 Å². The molecule has 2 saturated heterocycles. The molecule has 0 unspecified atom stereocenters. The summed E-state index contributed by atoms with van der Waals surface area (Å²) in [4.78, 5) is 25.1. The molecule has 2 aliphatic rings. The quantitative estimate of drug-likeness (QED) is 0.417. The highest BCUT2D eigenvalue weighted by Gasteiger charge is 2.45. The van der Waals surface area contributed by atoms with Gasteiger partial charge in [0.15, 0.2) is 17.4 Å². The van der Waals surface area contributed by atoms with E-state index in [2.05, 4.69) is 15.0 Å². The van der Waals surface area contributed by atoms with E-state index in [-0.39, 0.29) is 17.1 Å². The summed E-state index contributed by atoms with van der Waals surface area (Å²) in [6.07, 6.45) is -2.60. The molecule has 2 aliphatic heterocycles. The number of nitrogen functional groups attached to an aromatic ring is 1. The monoisotopic (exact) mass is 352 g/mol. The van der Waals surface area contributed by atoms with Crippen LogP contribution in [0.4, 0.5) is 11.9 Å². The van der Waals surface area contributed by atoms with Crippen molar-refractivity contribution in [3.8, 4) is 0 Å². The van der Waals surface area contributed by atoms with Crippen LogP contribution in [0.15, 0.2) is 4.79 Å². The van der Waals surface area contributed by atoms with Crippen molar-refractivity contribution in [3.63, 3.8) is 0 Å². The Kier molecular flexibility index (Phi) is 3.87. The lowest BCUT2D eigenvalue weighted by molar-refractivity contribution is -0.0504. The second-order valence-electron chi connectivity index (χ2n) is 6.33. The Bertz CT molecular complexity index is 844. The summed E-state index contributed by atoms with van der Waals surface area (Å²) >= 11 is 0. The molecule has 0 aliphatic carbocycles. The number of rotatable bonds is 3. The van der Waals surface area contributed by atoms with Gasteiger partial charge < -0.3 is 30.7 Å². The first-order valence-electron chi connectivity index (χ1n) is 8.16. The van der Waals surface area contributed by atoms with Crippen molar-refractivity contribution >= 4 is 23.1 Å². The van der Waals surface area contributed by atoms with Crippen LogP contribution in [-0.2, 0) is 4.74 Å². The van der Waals surface area contributed by atoms with Gasteiger partial charge in [-0.1, -0.05) is 0 Å². The number of nitrogens with one attached hydrogen (secondary N) is 1. The third kappa shape index (κ3) is 2.47. The van der Waals surface area contributed by atoms with E-state index in [4.69, 9.17) is 10.5 Å². The number of nitrogens with zero attached hydrogens (tertiary/aromatic N) is 4. The van der Waals surface area contributed by atoms with Crippen LogP contribution in [0.1, 0.15) is 19.1 Å². The van der Waals surface area contributed by atoms with Crippen molar-refractivity contribution in [3.05, 3.63) is 10.4 Å². The van der Waals surface area contributed by atoms with Crippen molar-refractivity contribution in [2.45, 2.75) is 37.4 Å². The number of anilines is 2. The third-order valence-corrected chi connectivity index (χ3v) is 4.71. The van der Waals surface area contributed by atoms with Crippen LogP contribution in [-0.4, -0.2) is 72.8 Å². The first-order chi connectivity index (χ1) is 12.0. The standard InChI is InChI=1S/C14H20N6O5/c15-13-17-10-7(11(24)18-13)16-14(19-3-1-2-4-19)20(10)12-9(23)8(22)6(5-21)25-12/h6,8-9,12,21-23H,1-5H2,(H3,15,17,18,24)/t6-,8+,9+,12-/m1/s1. The summed E-state index contributed by atoms with van der Waals surface area (Å²) < 4.78 is 7.10. The molecule has 0 radical (unpaired) electrons. The van der Waals surface area contributed by atoms with E-state index < -0.39 is 36.7 Å². The number of imidazole rings is 1. The molecule has 6 N–H and O–H groups in total. The highest BCUT2D eigenvalue weighted by molar-refractivity contribution is 5.75. The minimum Gasteiger partial charge on any atom is -0.394 e. The van der Waals surface area contributed by atoms with Crippen LogP contribution in [0.25, 0.3) is 11.2 Å². The zero-order valence-electron chi connectivity index (χ0n) is 13.4. The average Bonchev–Trinajstić information content (AvgIpc) is 3.27. The topological polar surface area (TPSA) is 163 Å². The maximum atomic E-state index is 12.2. The average molecular weight is 352 g/mol. The molecule has 4 atom stereocenters. The van der Waals surface area contributed by atoms with Gasteiger partial charge in [-0.05, 0) is 12.8 Å². The number of aliphatic hydroxyl groups excluding tert-OH is 3. The molecule has 11 nitrogen and oxygen atoms in total. The SMILES string of the molecule is Nc1nc2c(nc(N3CCCC3)n2[C@@H]2O[C@H](CO)[C@H](O)[C@@H]2O)c(=O)[nH]1. The van der Waals surface area contributed by atoms with Gasteiger partial charge in [-0.25, -0.2) is 4.98 Å². The molecule has 25 heavy (non-hydrogen) atoms. The molecule has 4 heterocycles. The number of ether oxygens (including phenoxy) is 1. The molecule has 136 valence electrons. The highest BCUT2D eigenvalue weighted by atomic mass is 16.6. The summed E-state index contributed by atoms with van der Waals surface area (Å²) in [5.41, 5.74) is 5.41. The normalized spacial score (nSPS) is 29.8. The molecule has 0 bridgehead atoms. The Hall–Kier alpha value is -2.21. The number of nitrogens with two attached hydrogens (primary N) is 1. The van der Waals surface area contributed by atoms with Crippen molar-refractivity contribution in [2.75, 3.05) is 30.3 Å². The van der Waals surface area contributed by atoms with E-state index in [9.17, 15) is 20.1 Å². The fourth-order valence-corrected chi connectivity index (χ4v) is 3.46. The van der Waals surface area contributed by atoms with E-state index in [0.29, 0.717) is 5.95 Å². The zero-order chi connectivity index (χ0) is 17.7. The molecule has 0 spiro atoms. The molecular weight excluding hydrogens is 332 g/mol. The summed E-state index contributed by atoms with van der Waals surface area (Å²) in [7, 11) is 0. The van der Waals surface area contributed by atoms with E-state index in [1.807, 2.05) is 4.90 Å². The van der Waals surface area contributed by atoms with E-state index in [1.54, 1.807) is 0 Å². The molecule has 2 aromatic heterocycles. The molecule has 0 saturated carbocycles. The minimum absolute atomic E-state index is 0.0776. The van der Waals surface area contributed by atoms with Gasteiger partial charge in [0.2, 0.25) is 11.9 Å². The highest BCUT2D eigenvalue weighted by Crippen LogP contribution is 2.35. The van der Waals surface area contributed by atoms with Crippen molar-refractivity contribution in [2.24, 2.45) is 0 Å². The molecule has 0 aromatic carbocycles. The number of hydrogen-bond donors (Lipinski definition) is 5. The van der Waals surface area contributed by atoms with Gasteiger partial charge in [0, 0.05) is 13.1 Å². The smallest absolute Gasteiger partial charge is 0.280 e. The summed E-state index contributed by atoms with van der Waals surface area (Å²) in [6, 6.07) is 0. The van der Waals surface area contributed by atoms with E-state index in [1.165, 1.54) is 4.57 Å². The van der Waals surface area contributed by atoms with Gasteiger partial charge in [-0.3, -0.25) is 14.3 Å². The van der Waals surface area contributed by atoms with E-state index in [0.717, 1.165) is 25.9 Å². The van der Waals surface area contributed by atoms with E-state index >= 15 is 0 Å². The lowest BCUT2D eigenvalue weighted by Crippen LogP contribution is -2.34. The second kappa shape index (κ2) is 5.95. The van der Waals surface area contributed by atoms with Gasteiger partial charge in [0.25, 0.3) is 5.56 Å². The first-order valence-corrected chi connectivity index (χ1v) is 8.16. The van der Waals surface area contributed by atoms with Gasteiger partial charge in [0.05, 0.1) is 6.61 Å². The summed E-state index contributed by atoms with van der Waals surface area (Å²) in [6.45, 7) is 1.04. The number of aromatic nitrogens is 4. The minimum atomic E-state index is -1.31. The Balaban J connectivity index is 1.91. The number of fused-ring (bicyclic) bond motifs is 1. The molecule has 11 heteroatoms. The molecule has 2 aromatic rings. The first kappa shape index (κ1) is 16.3. The van der Waals surface area contributed by atoms with Crippen LogP contribution >= 0.6 is 0 Å². The molecular formula is C14H20N6O5. The van der Waals surface area contributed by atoms with Crippen LogP contribution in [0, 0.1) is 0 Å². The Labute approximate surface area is 141 Å².